The lowest BCUT2D eigenvalue weighted by Gasteiger charge is -2.34. The van der Waals surface area contributed by atoms with Gasteiger partial charge in [-0.2, -0.15) is 0 Å². The van der Waals surface area contributed by atoms with Crippen LogP contribution in [-0.2, 0) is 6.42 Å². The van der Waals surface area contributed by atoms with E-state index >= 15 is 0 Å². The monoisotopic (exact) mass is 304 g/mol. The maximum Gasteiger partial charge on any atom is 0.121 e. The van der Waals surface area contributed by atoms with Crippen LogP contribution in [-0.4, -0.2) is 11.7 Å². The Morgan fingerprint density at radius 1 is 1.33 bits per heavy atom. The van der Waals surface area contributed by atoms with E-state index in [-0.39, 0.29) is 11.5 Å². The SMILES string of the molecule is COc1ccc(Cl)c(-n2ccc3c2CC(C)(C)CC3N)c1. The lowest BCUT2D eigenvalue weighted by Crippen LogP contribution is -2.30. The van der Waals surface area contributed by atoms with Crippen molar-refractivity contribution in [2.45, 2.75) is 32.7 Å². The van der Waals surface area contributed by atoms with E-state index in [1.807, 2.05) is 18.2 Å². The summed E-state index contributed by atoms with van der Waals surface area (Å²) in [5.74, 6) is 0.802. The molecule has 21 heavy (non-hydrogen) atoms. The summed E-state index contributed by atoms with van der Waals surface area (Å²) in [6, 6.07) is 7.92. The van der Waals surface area contributed by atoms with Crippen molar-refractivity contribution in [3.05, 3.63) is 46.7 Å². The highest BCUT2D eigenvalue weighted by Crippen LogP contribution is 2.41. The van der Waals surface area contributed by atoms with E-state index in [4.69, 9.17) is 22.1 Å². The molecular formula is C17H21ClN2O. The molecule has 3 rings (SSSR count). The summed E-state index contributed by atoms with van der Waals surface area (Å²) >= 11 is 6.39. The van der Waals surface area contributed by atoms with Gasteiger partial charge >= 0.3 is 0 Å². The zero-order valence-corrected chi connectivity index (χ0v) is 13.4. The summed E-state index contributed by atoms with van der Waals surface area (Å²) in [4.78, 5) is 0. The van der Waals surface area contributed by atoms with Gasteiger partial charge in [-0.3, -0.25) is 0 Å². The molecule has 0 amide bonds. The van der Waals surface area contributed by atoms with Gasteiger partial charge in [-0.1, -0.05) is 25.4 Å². The van der Waals surface area contributed by atoms with Crippen LogP contribution in [0.15, 0.2) is 30.5 Å². The molecule has 4 heteroatoms. The standard InChI is InChI=1S/C17H21ClN2O/c1-17(2)9-14(19)12-6-7-20(16(12)10-17)15-8-11(21-3)4-5-13(15)18/h4-8,14H,9-10,19H2,1-3H3. The third kappa shape index (κ3) is 2.56. The minimum absolute atomic E-state index is 0.0920. The summed E-state index contributed by atoms with van der Waals surface area (Å²) in [6.07, 6.45) is 4.07. The van der Waals surface area contributed by atoms with Crippen molar-refractivity contribution < 1.29 is 4.74 Å². The average Bonchev–Trinajstić information content (AvgIpc) is 2.81. The number of rotatable bonds is 2. The molecular weight excluding hydrogens is 284 g/mol. The Labute approximate surface area is 130 Å². The molecule has 1 heterocycles. The van der Waals surface area contributed by atoms with E-state index in [9.17, 15) is 0 Å². The molecule has 1 unspecified atom stereocenters. The van der Waals surface area contributed by atoms with E-state index in [1.165, 1.54) is 11.3 Å². The fraction of sp³-hybridized carbons (Fsp3) is 0.412. The summed E-state index contributed by atoms with van der Waals surface area (Å²) in [5, 5.41) is 0.714. The molecule has 0 saturated carbocycles. The minimum Gasteiger partial charge on any atom is -0.497 e. The number of aromatic nitrogens is 1. The van der Waals surface area contributed by atoms with Crippen LogP contribution in [0.3, 0.4) is 0 Å². The third-order valence-electron chi connectivity index (χ3n) is 4.26. The first-order valence-electron chi connectivity index (χ1n) is 7.21. The van der Waals surface area contributed by atoms with Crippen LogP contribution in [0.5, 0.6) is 5.75 Å². The molecule has 1 aliphatic rings. The van der Waals surface area contributed by atoms with E-state index in [2.05, 4.69) is 30.7 Å². The lowest BCUT2D eigenvalue weighted by molar-refractivity contribution is 0.278. The fourth-order valence-electron chi connectivity index (χ4n) is 3.27. The fourth-order valence-corrected chi connectivity index (χ4v) is 3.47. The van der Waals surface area contributed by atoms with Gasteiger partial charge in [-0.25, -0.2) is 0 Å². The number of methoxy groups -OCH3 is 1. The van der Waals surface area contributed by atoms with Gasteiger partial charge in [0.05, 0.1) is 17.8 Å². The summed E-state index contributed by atoms with van der Waals surface area (Å²) in [7, 11) is 1.66. The molecule has 1 atom stereocenters. The third-order valence-corrected chi connectivity index (χ3v) is 4.58. The van der Waals surface area contributed by atoms with E-state index in [0.717, 1.165) is 24.3 Å². The second kappa shape index (κ2) is 5.08. The Morgan fingerprint density at radius 3 is 2.81 bits per heavy atom. The van der Waals surface area contributed by atoms with Crippen LogP contribution in [0, 0.1) is 5.41 Å². The highest BCUT2D eigenvalue weighted by Gasteiger charge is 2.32. The quantitative estimate of drug-likeness (QED) is 0.907. The van der Waals surface area contributed by atoms with Gasteiger partial charge in [0, 0.05) is 24.0 Å². The number of halogens is 1. The topological polar surface area (TPSA) is 40.2 Å². The van der Waals surface area contributed by atoms with Crippen molar-refractivity contribution in [2.24, 2.45) is 11.1 Å². The Hall–Kier alpha value is -1.45. The molecule has 3 nitrogen and oxygen atoms in total. The second-order valence-electron chi connectivity index (χ2n) is 6.56. The molecule has 1 aliphatic carbocycles. The van der Waals surface area contributed by atoms with Crippen molar-refractivity contribution >= 4 is 11.6 Å². The molecule has 0 aliphatic heterocycles. The zero-order valence-electron chi connectivity index (χ0n) is 12.7. The Bertz CT molecular complexity index is 675. The Balaban J connectivity index is 2.14. The lowest BCUT2D eigenvalue weighted by atomic mass is 9.74. The first-order valence-corrected chi connectivity index (χ1v) is 7.59. The molecule has 2 N–H and O–H groups in total. The highest BCUT2D eigenvalue weighted by molar-refractivity contribution is 6.32. The van der Waals surface area contributed by atoms with E-state index in [1.54, 1.807) is 7.11 Å². The van der Waals surface area contributed by atoms with Gasteiger partial charge in [0.2, 0.25) is 0 Å². The Morgan fingerprint density at radius 2 is 2.10 bits per heavy atom. The van der Waals surface area contributed by atoms with E-state index in [0.29, 0.717) is 5.02 Å². The van der Waals surface area contributed by atoms with Crippen LogP contribution < -0.4 is 10.5 Å². The van der Waals surface area contributed by atoms with Crippen molar-refractivity contribution in [1.29, 1.82) is 0 Å². The maximum absolute atomic E-state index is 6.39. The number of benzene rings is 1. The second-order valence-corrected chi connectivity index (χ2v) is 6.96. The molecule has 0 spiro atoms. The summed E-state index contributed by atoms with van der Waals surface area (Å²) in [6.45, 7) is 4.53. The van der Waals surface area contributed by atoms with Crippen LogP contribution in [0.2, 0.25) is 5.02 Å². The average molecular weight is 305 g/mol. The summed E-state index contributed by atoms with van der Waals surface area (Å²) < 4.78 is 7.47. The van der Waals surface area contributed by atoms with Gasteiger partial charge in [0.25, 0.3) is 0 Å². The molecule has 0 saturated heterocycles. The number of nitrogens with two attached hydrogens (primary N) is 1. The first kappa shape index (κ1) is 14.5. The molecule has 1 aromatic carbocycles. The van der Waals surface area contributed by atoms with Crippen molar-refractivity contribution in [3.8, 4) is 11.4 Å². The predicted octanol–water partition coefficient (Wildman–Crippen LogP) is 4.11. The van der Waals surface area contributed by atoms with Gasteiger partial charge < -0.3 is 15.0 Å². The number of hydrogen-bond donors (Lipinski definition) is 1. The molecule has 0 fully saturated rings. The van der Waals surface area contributed by atoms with Gasteiger partial charge in [-0.15, -0.1) is 0 Å². The van der Waals surface area contributed by atoms with Gasteiger partial charge in [0.15, 0.2) is 0 Å². The smallest absolute Gasteiger partial charge is 0.121 e. The summed E-state index contributed by atoms with van der Waals surface area (Å²) in [5.41, 5.74) is 9.97. The molecule has 0 radical (unpaired) electrons. The number of nitrogens with zero attached hydrogens (tertiary/aromatic N) is 1. The van der Waals surface area contributed by atoms with Crippen LogP contribution in [0.4, 0.5) is 0 Å². The minimum atomic E-state index is 0.0920. The van der Waals surface area contributed by atoms with Crippen molar-refractivity contribution in [3.63, 3.8) is 0 Å². The number of hydrogen-bond acceptors (Lipinski definition) is 2. The van der Waals surface area contributed by atoms with Gasteiger partial charge in [-0.05, 0) is 42.0 Å². The van der Waals surface area contributed by atoms with E-state index < -0.39 is 0 Å². The van der Waals surface area contributed by atoms with Crippen LogP contribution in [0.1, 0.15) is 37.6 Å². The van der Waals surface area contributed by atoms with Gasteiger partial charge in [0.1, 0.15) is 5.75 Å². The normalized spacial score (nSPS) is 20.1. The van der Waals surface area contributed by atoms with Crippen molar-refractivity contribution in [1.82, 2.24) is 4.57 Å². The molecule has 112 valence electrons. The molecule has 2 aromatic rings. The maximum atomic E-state index is 6.39. The predicted molar refractivity (Wildman–Crippen MR) is 86.4 cm³/mol. The number of ether oxygens (including phenoxy) is 1. The highest BCUT2D eigenvalue weighted by atomic mass is 35.5. The zero-order chi connectivity index (χ0) is 15.2. The van der Waals surface area contributed by atoms with Crippen LogP contribution in [0.25, 0.3) is 5.69 Å². The largest absolute Gasteiger partial charge is 0.497 e. The van der Waals surface area contributed by atoms with Crippen molar-refractivity contribution in [2.75, 3.05) is 7.11 Å². The number of fused-ring (bicyclic) bond motifs is 1. The Kier molecular flexibility index (Phi) is 3.50. The molecule has 0 bridgehead atoms. The van der Waals surface area contributed by atoms with Crippen LogP contribution >= 0.6 is 11.6 Å². The molecule has 1 aromatic heterocycles. The first-order chi connectivity index (χ1) is 9.91.